The molecule has 1 aliphatic heterocycles. The lowest BCUT2D eigenvalue weighted by atomic mass is 10.0. The van der Waals surface area contributed by atoms with Crippen molar-refractivity contribution in [1.82, 2.24) is 4.90 Å². The molecule has 0 aromatic heterocycles. The van der Waals surface area contributed by atoms with Crippen LogP contribution in [-0.2, 0) is 6.54 Å². The van der Waals surface area contributed by atoms with Crippen molar-refractivity contribution < 1.29 is 9.13 Å². The summed E-state index contributed by atoms with van der Waals surface area (Å²) in [5.41, 5.74) is 2.25. The van der Waals surface area contributed by atoms with Gasteiger partial charge in [0.05, 0.1) is 18.2 Å². The minimum atomic E-state index is -0.300. The van der Waals surface area contributed by atoms with E-state index in [1.165, 1.54) is 11.6 Å². The molecule has 0 bridgehead atoms. The standard InChI is InChI=1S/C20H21FN2O/c1-2-24-18-9-7-16(8-10-18)20-4-3-11-23(20)14-17-6-5-15(13-22)12-19(17)21/h5-10,12,20H,2-4,11,14H2,1H3. The summed E-state index contributed by atoms with van der Waals surface area (Å²) in [6.45, 7) is 4.15. The minimum absolute atomic E-state index is 0.300. The summed E-state index contributed by atoms with van der Waals surface area (Å²) in [4.78, 5) is 2.31. The molecule has 1 atom stereocenters. The van der Waals surface area contributed by atoms with Gasteiger partial charge in [0.2, 0.25) is 0 Å². The summed E-state index contributed by atoms with van der Waals surface area (Å²) < 4.78 is 19.7. The van der Waals surface area contributed by atoms with Crippen LogP contribution in [0.1, 0.15) is 42.5 Å². The highest BCUT2D eigenvalue weighted by Gasteiger charge is 2.26. The Balaban J connectivity index is 1.75. The zero-order valence-corrected chi connectivity index (χ0v) is 13.8. The lowest BCUT2D eigenvalue weighted by Gasteiger charge is -2.25. The average Bonchev–Trinajstić information content (AvgIpc) is 3.06. The molecule has 2 aromatic carbocycles. The Morgan fingerprint density at radius 2 is 2.04 bits per heavy atom. The van der Waals surface area contributed by atoms with Gasteiger partial charge in [0, 0.05) is 18.2 Å². The van der Waals surface area contributed by atoms with Crippen molar-refractivity contribution in [3.8, 4) is 11.8 Å². The summed E-state index contributed by atoms with van der Waals surface area (Å²) in [7, 11) is 0. The van der Waals surface area contributed by atoms with Gasteiger partial charge >= 0.3 is 0 Å². The van der Waals surface area contributed by atoms with E-state index in [1.807, 2.05) is 25.1 Å². The minimum Gasteiger partial charge on any atom is -0.494 e. The highest BCUT2D eigenvalue weighted by molar-refractivity contribution is 5.33. The molecule has 2 aromatic rings. The van der Waals surface area contributed by atoms with Crippen molar-refractivity contribution in [1.29, 1.82) is 5.26 Å². The van der Waals surface area contributed by atoms with E-state index in [-0.39, 0.29) is 5.82 Å². The Hall–Kier alpha value is -2.38. The summed E-state index contributed by atoms with van der Waals surface area (Å²) in [5, 5.41) is 8.85. The van der Waals surface area contributed by atoms with E-state index >= 15 is 0 Å². The molecule has 0 amide bonds. The summed E-state index contributed by atoms with van der Waals surface area (Å²) in [6.07, 6.45) is 2.18. The molecule has 0 aliphatic carbocycles. The van der Waals surface area contributed by atoms with Gasteiger partial charge in [0.25, 0.3) is 0 Å². The predicted octanol–water partition coefficient (Wildman–Crippen LogP) is 4.43. The topological polar surface area (TPSA) is 36.3 Å². The number of likely N-dealkylation sites (tertiary alicyclic amines) is 1. The Morgan fingerprint density at radius 3 is 2.71 bits per heavy atom. The van der Waals surface area contributed by atoms with E-state index in [0.29, 0.717) is 30.3 Å². The Bertz CT molecular complexity index is 736. The van der Waals surface area contributed by atoms with Crippen molar-refractivity contribution >= 4 is 0 Å². The van der Waals surface area contributed by atoms with E-state index in [9.17, 15) is 4.39 Å². The van der Waals surface area contributed by atoms with Crippen molar-refractivity contribution in [3.63, 3.8) is 0 Å². The fourth-order valence-corrected chi connectivity index (χ4v) is 3.31. The highest BCUT2D eigenvalue weighted by Crippen LogP contribution is 2.34. The van der Waals surface area contributed by atoms with Crippen molar-refractivity contribution in [2.24, 2.45) is 0 Å². The molecular weight excluding hydrogens is 303 g/mol. The quantitative estimate of drug-likeness (QED) is 0.816. The van der Waals surface area contributed by atoms with Gasteiger partial charge in [-0.25, -0.2) is 4.39 Å². The van der Waals surface area contributed by atoms with Crippen LogP contribution in [0.5, 0.6) is 5.75 Å². The maximum Gasteiger partial charge on any atom is 0.129 e. The number of benzene rings is 2. The SMILES string of the molecule is CCOc1ccc(C2CCCN2Cc2ccc(C#N)cc2F)cc1. The second kappa shape index (κ2) is 7.46. The first kappa shape index (κ1) is 16.5. The third-order valence-electron chi connectivity index (χ3n) is 4.50. The number of nitriles is 1. The maximum atomic E-state index is 14.2. The second-order valence-corrected chi connectivity index (χ2v) is 6.05. The average molecular weight is 324 g/mol. The van der Waals surface area contributed by atoms with Crippen molar-refractivity contribution in [2.45, 2.75) is 32.4 Å². The molecule has 0 spiro atoms. The van der Waals surface area contributed by atoms with Crippen LogP contribution in [-0.4, -0.2) is 18.1 Å². The van der Waals surface area contributed by atoms with Crippen LogP contribution in [0.25, 0.3) is 0 Å². The molecule has 1 unspecified atom stereocenters. The van der Waals surface area contributed by atoms with Crippen LogP contribution in [0.15, 0.2) is 42.5 Å². The number of hydrogen-bond donors (Lipinski definition) is 0. The lowest BCUT2D eigenvalue weighted by molar-refractivity contribution is 0.245. The van der Waals surface area contributed by atoms with Gasteiger partial charge in [0.15, 0.2) is 0 Å². The Labute approximate surface area is 142 Å². The molecule has 0 N–H and O–H groups in total. The first-order chi connectivity index (χ1) is 11.7. The number of ether oxygens (including phenoxy) is 1. The fourth-order valence-electron chi connectivity index (χ4n) is 3.31. The molecule has 3 nitrogen and oxygen atoms in total. The molecule has 1 fully saturated rings. The van der Waals surface area contributed by atoms with Crippen LogP contribution in [0.3, 0.4) is 0 Å². The number of hydrogen-bond acceptors (Lipinski definition) is 3. The molecule has 3 rings (SSSR count). The van der Waals surface area contributed by atoms with Gasteiger partial charge in [0.1, 0.15) is 11.6 Å². The van der Waals surface area contributed by atoms with Crippen molar-refractivity contribution in [2.75, 3.05) is 13.2 Å². The summed E-state index contributed by atoms with van der Waals surface area (Å²) in [6, 6.07) is 15.2. The monoisotopic (exact) mass is 324 g/mol. The molecule has 1 saturated heterocycles. The highest BCUT2D eigenvalue weighted by atomic mass is 19.1. The van der Waals surface area contributed by atoms with Crippen LogP contribution < -0.4 is 4.74 Å². The van der Waals surface area contributed by atoms with Gasteiger partial charge in [-0.15, -0.1) is 0 Å². The van der Waals surface area contributed by atoms with E-state index in [2.05, 4.69) is 17.0 Å². The van der Waals surface area contributed by atoms with Crippen LogP contribution in [0, 0.1) is 17.1 Å². The number of nitrogens with zero attached hydrogens (tertiary/aromatic N) is 2. The lowest BCUT2D eigenvalue weighted by Crippen LogP contribution is -2.23. The summed E-state index contributed by atoms with van der Waals surface area (Å²) >= 11 is 0. The van der Waals surface area contributed by atoms with E-state index in [4.69, 9.17) is 10.00 Å². The molecule has 124 valence electrons. The molecule has 1 heterocycles. The molecule has 24 heavy (non-hydrogen) atoms. The van der Waals surface area contributed by atoms with E-state index < -0.39 is 0 Å². The van der Waals surface area contributed by atoms with Gasteiger partial charge in [-0.3, -0.25) is 4.90 Å². The van der Waals surface area contributed by atoms with E-state index in [1.54, 1.807) is 12.1 Å². The van der Waals surface area contributed by atoms with Gasteiger partial charge in [-0.05, 0) is 56.1 Å². The van der Waals surface area contributed by atoms with E-state index in [0.717, 1.165) is 25.1 Å². The molecule has 1 aliphatic rings. The Kier molecular flexibility index (Phi) is 5.12. The zero-order chi connectivity index (χ0) is 16.9. The largest absolute Gasteiger partial charge is 0.494 e. The van der Waals surface area contributed by atoms with Gasteiger partial charge in [-0.1, -0.05) is 18.2 Å². The number of halogens is 1. The third-order valence-corrected chi connectivity index (χ3v) is 4.50. The third kappa shape index (κ3) is 3.58. The first-order valence-corrected chi connectivity index (χ1v) is 8.36. The zero-order valence-electron chi connectivity index (χ0n) is 13.8. The molecule has 4 heteroatoms. The number of rotatable bonds is 5. The summed E-state index contributed by atoms with van der Waals surface area (Å²) in [5.74, 6) is 0.579. The smallest absolute Gasteiger partial charge is 0.129 e. The van der Waals surface area contributed by atoms with Crippen molar-refractivity contribution in [3.05, 3.63) is 65.0 Å². The fraction of sp³-hybridized carbons (Fsp3) is 0.350. The van der Waals surface area contributed by atoms with Crippen LogP contribution in [0.2, 0.25) is 0 Å². The molecule has 0 radical (unpaired) electrons. The molecule has 0 saturated carbocycles. The van der Waals surface area contributed by atoms with Crippen LogP contribution >= 0.6 is 0 Å². The second-order valence-electron chi connectivity index (χ2n) is 6.05. The first-order valence-electron chi connectivity index (χ1n) is 8.36. The predicted molar refractivity (Wildman–Crippen MR) is 91.1 cm³/mol. The molecular formula is C20H21FN2O. The normalized spacial score (nSPS) is 17.6. The van der Waals surface area contributed by atoms with Gasteiger partial charge < -0.3 is 4.74 Å². The maximum absolute atomic E-state index is 14.2. The van der Waals surface area contributed by atoms with Crippen LogP contribution in [0.4, 0.5) is 4.39 Å². The Morgan fingerprint density at radius 1 is 1.25 bits per heavy atom. The van der Waals surface area contributed by atoms with Gasteiger partial charge in [-0.2, -0.15) is 5.26 Å².